The molecule has 0 radical (unpaired) electrons. The smallest absolute Gasteiger partial charge is 0.291 e. The van der Waals surface area contributed by atoms with Gasteiger partial charge in [0.05, 0.1) is 12.7 Å². The van der Waals surface area contributed by atoms with E-state index in [0.717, 1.165) is 32.2 Å². The molecular weight excluding hydrogens is 498 g/mol. The Morgan fingerprint density at radius 1 is 0.833 bits per heavy atom. The van der Waals surface area contributed by atoms with Gasteiger partial charge in [-0.2, -0.15) is 0 Å². The fourth-order valence-electron chi connectivity index (χ4n) is 2.51. The lowest BCUT2D eigenvalue weighted by atomic mass is 10.2. The van der Waals surface area contributed by atoms with Gasteiger partial charge in [-0.3, -0.25) is 4.90 Å². The van der Waals surface area contributed by atoms with Crippen LogP contribution in [0.5, 0.6) is 0 Å². The lowest BCUT2D eigenvalue weighted by molar-refractivity contribution is -0.742. The number of rotatable bonds is 8. The van der Waals surface area contributed by atoms with E-state index in [4.69, 9.17) is 46.0 Å². The Morgan fingerprint density at radius 2 is 1.25 bits per heavy atom. The molecule has 3 rings (SSSR count). The number of aromatic nitrogens is 4. The Morgan fingerprint density at radius 3 is 1.58 bits per heavy atom. The lowest BCUT2D eigenvalue weighted by Crippen LogP contribution is -2.30. The molecule has 0 bridgehead atoms. The Balaban J connectivity index is 0.000000857. The molecule has 198 valence electrons. The molecule has 17 nitrogen and oxygen atoms in total. The molecule has 2 aromatic heterocycles. The van der Waals surface area contributed by atoms with Crippen molar-refractivity contribution in [2.45, 2.75) is 19.6 Å². The summed E-state index contributed by atoms with van der Waals surface area (Å²) in [4.78, 5) is 35.3. The Bertz CT molecular complexity index is 960. The van der Waals surface area contributed by atoms with E-state index in [2.05, 4.69) is 14.9 Å². The molecule has 0 aliphatic carbocycles. The quantitative estimate of drug-likeness (QED) is 0.283. The van der Waals surface area contributed by atoms with Crippen LogP contribution >= 0.6 is 0 Å². The average Bonchev–Trinajstić information content (AvgIpc) is 3.45. The zero-order valence-corrected chi connectivity index (χ0v) is 18.4. The molecule has 0 amide bonds. The second kappa shape index (κ2) is 17.5. The number of hydrogen-bond donors (Lipinski definition) is 3. The molecule has 0 fully saturated rings. The van der Waals surface area contributed by atoms with Gasteiger partial charge in [0.2, 0.25) is 0 Å². The zero-order valence-electron chi connectivity index (χ0n) is 18.4. The van der Waals surface area contributed by atoms with Crippen LogP contribution in [-0.2, 0) is 19.6 Å². The van der Waals surface area contributed by atoms with Crippen molar-refractivity contribution in [1.29, 1.82) is 0 Å². The second-order valence-corrected chi connectivity index (χ2v) is 6.33. The van der Waals surface area contributed by atoms with Gasteiger partial charge in [-0.25, -0.2) is 18.7 Å². The molecule has 3 aromatic rings. The van der Waals surface area contributed by atoms with Crippen molar-refractivity contribution >= 4 is 0 Å². The summed E-state index contributed by atoms with van der Waals surface area (Å²) in [6.45, 7) is 3.42. The van der Waals surface area contributed by atoms with Gasteiger partial charge in [-0.1, -0.05) is 6.07 Å². The maximum Gasteiger partial charge on any atom is 0.291 e. The van der Waals surface area contributed by atoms with Gasteiger partial charge in [-0.15, -0.1) is 30.3 Å². The standard InChI is InChI=1S/C17H19F2N5.3HNO3/c18-16-2-1-15(17(19)11-16)12-22(7-9-23-5-3-20-13-23)8-10-24-6-4-21-14-24;3*2-1(3)4/h1-6,11,13-14H,7-10,12H2;3*(H,2,3,4). The van der Waals surface area contributed by atoms with Gasteiger partial charge in [0.15, 0.2) is 0 Å². The van der Waals surface area contributed by atoms with Crippen molar-refractivity contribution in [1.82, 2.24) is 24.0 Å². The third-order valence-corrected chi connectivity index (χ3v) is 3.88. The highest BCUT2D eigenvalue weighted by atomic mass is 19.1. The average molecular weight is 520 g/mol. The third kappa shape index (κ3) is 17.6. The summed E-state index contributed by atoms with van der Waals surface area (Å²) >= 11 is 0. The zero-order chi connectivity index (χ0) is 27.5. The van der Waals surface area contributed by atoms with Crippen molar-refractivity contribution in [2.75, 3.05) is 13.1 Å². The molecule has 0 unspecified atom stereocenters. The maximum absolute atomic E-state index is 13.9. The molecule has 2 heterocycles. The Hall–Kier alpha value is -4.94. The minimum absolute atomic E-state index is 0.426. The monoisotopic (exact) mass is 520 g/mol. The SMILES string of the molecule is Fc1ccc(CN(CCn2ccnc2)CCn2ccnc2)c(F)c1.O=[N+]([O-])O.O=[N+]([O-])O.O=[N+]([O-])O. The van der Waals surface area contributed by atoms with Gasteiger partial charge in [0.25, 0.3) is 15.3 Å². The van der Waals surface area contributed by atoms with Gasteiger partial charge in [-0.05, 0) is 6.07 Å². The molecule has 0 atom stereocenters. The second-order valence-electron chi connectivity index (χ2n) is 6.33. The summed E-state index contributed by atoms with van der Waals surface area (Å²) < 4.78 is 31.0. The number of hydrogen-bond acceptors (Lipinski definition) is 9. The topological polar surface area (TPSA) is 229 Å². The van der Waals surface area contributed by atoms with E-state index in [0.29, 0.717) is 12.1 Å². The first-order valence-corrected chi connectivity index (χ1v) is 9.48. The predicted octanol–water partition coefficient (Wildman–Crippen LogP) is 1.52. The third-order valence-electron chi connectivity index (χ3n) is 3.88. The van der Waals surface area contributed by atoms with Crippen LogP contribution in [0.2, 0.25) is 0 Å². The van der Waals surface area contributed by atoms with Gasteiger partial charge >= 0.3 is 0 Å². The van der Waals surface area contributed by atoms with Gasteiger partial charge in [0.1, 0.15) is 11.6 Å². The van der Waals surface area contributed by atoms with Crippen LogP contribution in [-0.4, -0.2) is 68.0 Å². The molecule has 0 saturated heterocycles. The molecule has 19 heteroatoms. The maximum atomic E-state index is 13.9. The molecule has 3 N–H and O–H groups in total. The largest absolute Gasteiger partial charge is 0.336 e. The van der Waals surface area contributed by atoms with Crippen molar-refractivity contribution in [3.63, 3.8) is 0 Å². The van der Waals surface area contributed by atoms with Crippen LogP contribution in [0.4, 0.5) is 8.78 Å². The fourth-order valence-corrected chi connectivity index (χ4v) is 2.51. The van der Waals surface area contributed by atoms with E-state index in [-0.39, 0.29) is 0 Å². The molecule has 0 aliphatic heterocycles. The van der Waals surface area contributed by atoms with Gasteiger partial charge < -0.3 is 24.8 Å². The predicted molar refractivity (Wildman–Crippen MR) is 112 cm³/mol. The van der Waals surface area contributed by atoms with E-state index in [1.807, 2.05) is 21.5 Å². The minimum atomic E-state index is -1.50. The summed E-state index contributed by atoms with van der Waals surface area (Å²) in [5, 5.41) is 40.9. The van der Waals surface area contributed by atoms with Crippen LogP contribution in [0.25, 0.3) is 0 Å². The summed E-state index contributed by atoms with van der Waals surface area (Å²) in [6, 6.07) is 3.73. The first kappa shape index (κ1) is 31.1. The number of imidazole rings is 2. The number of nitrogens with zero attached hydrogens (tertiary/aromatic N) is 8. The fraction of sp³-hybridized carbons (Fsp3) is 0.294. The molecule has 1 aromatic carbocycles. The van der Waals surface area contributed by atoms with Crippen molar-refractivity contribution in [3.8, 4) is 0 Å². The molecule has 36 heavy (non-hydrogen) atoms. The number of benzene rings is 1. The van der Waals surface area contributed by atoms with E-state index >= 15 is 0 Å². The van der Waals surface area contributed by atoms with Crippen LogP contribution in [0.1, 0.15) is 5.56 Å². The highest BCUT2D eigenvalue weighted by Crippen LogP contribution is 2.12. The highest BCUT2D eigenvalue weighted by Gasteiger charge is 2.11. The summed E-state index contributed by atoms with van der Waals surface area (Å²) in [5.74, 6) is -1.06. The van der Waals surface area contributed by atoms with E-state index in [1.54, 1.807) is 25.0 Å². The summed E-state index contributed by atoms with van der Waals surface area (Å²) in [5.41, 5.74) is 0.493. The van der Waals surface area contributed by atoms with Crippen molar-refractivity contribution in [3.05, 3.63) is 103 Å². The number of halogens is 2. The first-order valence-electron chi connectivity index (χ1n) is 9.48. The molecule has 0 aliphatic rings. The normalized spacial score (nSPS) is 9.53. The van der Waals surface area contributed by atoms with E-state index in [1.165, 1.54) is 12.1 Å². The van der Waals surface area contributed by atoms with Crippen molar-refractivity contribution in [2.24, 2.45) is 0 Å². The first-order chi connectivity index (χ1) is 16.9. The van der Waals surface area contributed by atoms with Crippen LogP contribution in [0, 0.1) is 42.0 Å². The van der Waals surface area contributed by atoms with Gasteiger partial charge in [0, 0.05) is 69.1 Å². The van der Waals surface area contributed by atoms with E-state index < -0.39 is 26.9 Å². The minimum Gasteiger partial charge on any atom is -0.336 e. The summed E-state index contributed by atoms with van der Waals surface area (Å²) in [7, 11) is 0. The summed E-state index contributed by atoms with van der Waals surface area (Å²) in [6.07, 6.45) is 10.8. The molecule has 0 saturated carbocycles. The van der Waals surface area contributed by atoms with Crippen LogP contribution in [0.3, 0.4) is 0 Å². The Kier molecular flexibility index (Phi) is 15.1. The lowest BCUT2D eigenvalue weighted by Gasteiger charge is -2.23. The Labute approximate surface area is 200 Å². The van der Waals surface area contributed by atoms with Crippen molar-refractivity contribution < 1.29 is 39.7 Å². The van der Waals surface area contributed by atoms with E-state index in [9.17, 15) is 8.78 Å². The molecular formula is C17H22F2N8O9. The highest BCUT2D eigenvalue weighted by molar-refractivity contribution is 5.18. The van der Waals surface area contributed by atoms with Crippen LogP contribution in [0.15, 0.2) is 55.6 Å². The van der Waals surface area contributed by atoms with Crippen LogP contribution < -0.4 is 0 Å². The molecule has 0 spiro atoms.